The Kier molecular flexibility index (Phi) is 3.20. The van der Waals surface area contributed by atoms with Crippen LogP contribution in [0.25, 0.3) is 0 Å². The van der Waals surface area contributed by atoms with Crippen LogP contribution in [0, 0.1) is 5.92 Å². The van der Waals surface area contributed by atoms with Gasteiger partial charge in [0.2, 0.25) is 0 Å². The van der Waals surface area contributed by atoms with E-state index in [2.05, 4.69) is 24.1 Å². The normalized spacial score (nSPS) is 41.6. The van der Waals surface area contributed by atoms with Gasteiger partial charge >= 0.3 is 0 Å². The predicted molar refractivity (Wildman–Crippen MR) is 72.2 cm³/mol. The van der Waals surface area contributed by atoms with Gasteiger partial charge in [0.25, 0.3) is 0 Å². The highest BCUT2D eigenvalue weighted by Crippen LogP contribution is 2.39. The van der Waals surface area contributed by atoms with Gasteiger partial charge in [0.05, 0.1) is 0 Å². The summed E-state index contributed by atoms with van der Waals surface area (Å²) < 4.78 is 0. The lowest BCUT2D eigenvalue weighted by atomic mass is 9.78. The number of hydrogen-bond donors (Lipinski definition) is 1. The zero-order valence-corrected chi connectivity index (χ0v) is 11.5. The Morgan fingerprint density at radius 3 is 2.53 bits per heavy atom. The maximum Gasteiger partial charge on any atom is 0.0309 e. The van der Waals surface area contributed by atoms with Gasteiger partial charge in [0.15, 0.2) is 0 Å². The average molecular weight is 236 g/mol. The minimum atomic E-state index is 0.504. The minimum absolute atomic E-state index is 0.504. The molecule has 2 nitrogen and oxygen atoms in total. The van der Waals surface area contributed by atoms with Crippen LogP contribution >= 0.6 is 0 Å². The van der Waals surface area contributed by atoms with Gasteiger partial charge in [-0.05, 0) is 38.0 Å². The van der Waals surface area contributed by atoms with Crippen molar-refractivity contribution in [2.45, 2.75) is 76.4 Å². The van der Waals surface area contributed by atoms with Crippen molar-refractivity contribution in [1.29, 1.82) is 0 Å². The number of hydrogen-bond acceptors (Lipinski definition) is 2. The Hall–Kier alpha value is -0.0800. The molecule has 0 aromatic rings. The van der Waals surface area contributed by atoms with E-state index in [1.54, 1.807) is 0 Å². The molecule has 0 aromatic carbocycles. The van der Waals surface area contributed by atoms with E-state index < -0.39 is 0 Å². The molecule has 3 aliphatic rings. The molecule has 0 bridgehead atoms. The molecular weight excluding hydrogens is 208 g/mol. The van der Waals surface area contributed by atoms with Crippen LogP contribution in [0.15, 0.2) is 0 Å². The summed E-state index contributed by atoms with van der Waals surface area (Å²) in [6, 6.07) is 1.72. The molecule has 1 unspecified atom stereocenters. The van der Waals surface area contributed by atoms with Gasteiger partial charge in [0.1, 0.15) is 0 Å². The summed E-state index contributed by atoms with van der Waals surface area (Å²) in [7, 11) is 0. The topological polar surface area (TPSA) is 15.3 Å². The fourth-order valence-corrected chi connectivity index (χ4v) is 4.31. The number of nitrogens with one attached hydrogen (secondary N) is 1. The van der Waals surface area contributed by atoms with Crippen molar-refractivity contribution < 1.29 is 0 Å². The van der Waals surface area contributed by atoms with Gasteiger partial charge in [-0.1, -0.05) is 26.7 Å². The monoisotopic (exact) mass is 236 g/mol. The molecule has 1 aliphatic heterocycles. The lowest BCUT2D eigenvalue weighted by Gasteiger charge is -2.53. The predicted octanol–water partition coefficient (Wildman–Crippen LogP) is 2.78. The van der Waals surface area contributed by atoms with E-state index in [9.17, 15) is 0 Å². The first kappa shape index (κ1) is 12.0. The maximum atomic E-state index is 3.90. The molecule has 3 fully saturated rings. The molecule has 2 aliphatic carbocycles. The summed E-state index contributed by atoms with van der Waals surface area (Å²) in [4.78, 5) is 2.88. The summed E-state index contributed by atoms with van der Waals surface area (Å²) in [6.45, 7) is 7.34. The summed E-state index contributed by atoms with van der Waals surface area (Å²) in [6.07, 6.45) is 9.94. The highest BCUT2D eigenvalue weighted by molar-refractivity contribution is 5.03. The van der Waals surface area contributed by atoms with Crippen molar-refractivity contribution in [3.63, 3.8) is 0 Å². The Balaban J connectivity index is 1.68. The van der Waals surface area contributed by atoms with Crippen molar-refractivity contribution in [2.75, 3.05) is 13.1 Å². The van der Waals surface area contributed by atoms with Crippen molar-refractivity contribution in [2.24, 2.45) is 5.92 Å². The van der Waals surface area contributed by atoms with E-state index in [1.165, 1.54) is 58.0 Å². The first-order valence-electron chi connectivity index (χ1n) is 7.73. The fourth-order valence-electron chi connectivity index (χ4n) is 4.31. The molecule has 1 spiro atoms. The lowest BCUT2D eigenvalue weighted by molar-refractivity contribution is -0.00753. The summed E-state index contributed by atoms with van der Waals surface area (Å²) in [5.74, 6) is 0.979. The van der Waals surface area contributed by atoms with Crippen LogP contribution in [0.3, 0.4) is 0 Å². The Labute approximate surface area is 106 Å². The van der Waals surface area contributed by atoms with Crippen molar-refractivity contribution >= 4 is 0 Å². The lowest BCUT2D eigenvalue weighted by Crippen LogP contribution is -2.66. The van der Waals surface area contributed by atoms with Crippen molar-refractivity contribution in [3.8, 4) is 0 Å². The zero-order valence-electron chi connectivity index (χ0n) is 11.5. The number of piperazine rings is 1. The maximum absolute atomic E-state index is 3.90. The zero-order chi connectivity index (χ0) is 11.9. The highest BCUT2D eigenvalue weighted by Gasteiger charge is 2.44. The van der Waals surface area contributed by atoms with Gasteiger partial charge < -0.3 is 5.32 Å². The molecule has 1 saturated heterocycles. The second-order valence-electron chi connectivity index (χ2n) is 6.83. The quantitative estimate of drug-likeness (QED) is 0.793. The van der Waals surface area contributed by atoms with E-state index in [0.29, 0.717) is 5.54 Å². The van der Waals surface area contributed by atoms with Crippen molar-refractivity contribution in [1.82, 2.24) is 10.2 Å². The molecule has 2 heteroatoms. The van der Waals surface area contributed by atoms with Crippen LogP contribution in [0.2, 0.25) is 0 Å². The molecule has 1 N–H and O–H groups in total. The minimum Gasteiger partial charge on any atom is -0.308 e. The molecule has 3 rings (SSSR count). The average Bonchev–Trinajstić information content (AvgIpc) is 2.73. The molecular formula is C15H28N2. The van der Waals surface area contributed by atoms with E-state index in [1.807, 2.05) is 0 Å². The molecule has 1 atom stereocenters. The first-order valence-corrected chi connectivity index (χ1v) is 7.73. The SMILES string of the molecule is CCC1CNC2(CCCC2)CN1C1CC(C)C1. The second-order valence-corrected chi connectivity index (χ2v) is 6.83. The highest BCUT2D eigenvalue weighted by atomic mass is 15.3. The van der Waals surface area contributed by atoms with Crippen molar-refractivity contribution in [3.05, 3.63) is 0 Å². The van der Waals surface area contributed by atoms with E-state index >= 15 is 0 Å². The Bertz CT molecular complexity index is 264. The summed E-state index contributed by atoms with van der Waals surface area (Å²) in [5, 5.41) is 3.90. The van der Waals surface area contributed by atoms with Gasteiger partial charge in [-0.25, -0.2) is 0 Å². The van der Waals surface area contributed by atoms with Crippen LogP contribution in [-0.4, -0.2) is 35.6 Å². The van der Waals surface area contributed by atoms with Gasteiger partial charge in [-0.2, -0.15) is 0 Å². The number of rotatable bonds is 2. The van der Waals surface area contributed by atoms with Crippen LogP contribution < -0.4 is 5.32 Å². The second kappa shape index (κ2) is 4.55. The molecule has 98 valence electrons. The van der Waals surface area contributed by atoms with Gasteiger partial charge in [-0.15, -0.1) is 0 Å². The van der Waals surface area contributed by atoms with Crippen LogP contribution in [0.1, 0.15) is 58.8 Å². The van der Waals surface area contributed by atoms with Crippen LogP contribution in [-0.2, 0) is 0 Å². The molecule has 0 aromatic heterocycles. The van der Waals surface area contributed by atoms with Crippen LogP contribution in [0.4, 0.5) is 0 Å². The fraction of sp³-hybridized carbons (Fsp3) is 1.00. The largest absolute Gasteiger partial charge is 0.308 e. The third-order valence-electron chi connectivity index (χ3n) is 5.52. The summed E-state index contributed by atoms with van der Waals surface area (Å²) >= 11 is 0. The molecule has 17 heavy (non-hydrogen) atoms. The number of nitrogens with zero attached hydrogens (tertiary/aromatic N) is 1. The first-order chi connectivity index (χ1) is 8.22. The van der Waals surface area contributed by atoms with Gasteiger partial charge in [0, 0.05) is 30.7 Å². The third-order valence-corrected chi connectivity index (χ3v) is 5.52. The molecule has 0 amide bonds. The Morgan fingerprint density at radius 1 is 1.24 bits per heavy atom. The van der Waals surface area contributed by atoms with Gasteiger partial charge in [-0.3, -0.25) is 4.90 Å². The van der Waals surface area contributed by atoms with E-state index in [4.69, 9.17) is 0 Å². The standard InChI is InChI=1S/C15H28N2/c1-3-13-10-16-15(6-4-5-7-15)11-17(13)14-8-12(2)9-14/h12-14,16H,3-11H2,1-2H3. The third kappa shape index (κ3) is 2.15. The van der Waals surface area contributed by atoms with E-state index in [0.717, 1.165) is 18.0 Å². The van der Waals surface area contributed by atoms with Crippen LogP contribution in [0.5, 0.6) is 0 Å². The molecule has 1 heterocycles. The molecule has 2 saturated carbocycles. The smallest absolute Gasteiger partial charge is 0.0309 e. The molecule has 0 radical (unpaired) electrons. The van der Waals surface area contributed by atoms with E-state index in [-0.39, 0.29) is 0 Å². The Morgan fingerprint density at radius 2 is 1.94 bits per heavy atom. The summed E-state index contributed by atoms with van der Waals surface area (Å²) in [5.41, 5.74) is 0.504.